The molecule has 1 N–H and O–H groups in total. The standard InChI is InChI=1S/C18H19BrFN/c19-16-5-3-14(4-6-16)15-11-18(12-15)21-10-9-13-1-7-17(20)8-2-13/h1-8,15,18,21H,9-12H2. The van der Waals surface area contributed by atoms with E-state index in [1.807, 2.05) is 12.1 Å². The second-order valence-electron chi connectivity index (χ2n) is 5.75. The average Bonchev–Trinajstić information content (AvgIpc) is 2.45. The molecule has 0 heterocycles. The van der Waals surface area contributed by atoms with E-state index in [-0.39, 0.29) is 5.82 Å². The Morgan fingerprint density at radius 2 is 1.67 bits per heavy atom. The number of hydrogen-bond acceptors (Lipinski definition) is 1. The molecule has 1 saturated carbocycles. The fraction of sp³-hybridized carbons (Fsp3) is 0.333. The molecule has 0 unspecified atom stereocenters. The van der Waals surface area contributed by atoms with Crippen LogP contribution in [0.1, 0.15) is 29.9 Å². The number of nitrogens with one attached hydrogen (secondary N) is 1. The Morgan fingerprint density at radius 3 is 2.33 bits per heavy atom. The van der Waals surface area contributed by atoms with Crippen molar-refractivity contribution >= 4 is 15.9 Å². The van der Waals surface area contributed by atoms with Crippen molar-refractivity contribution in [1.82, 2.24) is 5.32 Å². The molecule has 1 fully saturated rings. The molecule has 3 rings (SSSR count). The maximum absolute atomic E-state index is 12.8. The zero-order chi connectivity index (χ0) is 14.7. The molecule has 0 spiro atoms. The molecule has 0 atom stereocenters. The molecule has 0 radical (unpaired) electrons. The normalized spacial score (nSPS) is 21.0. The first-order chi connectivity index (χ1) is 10.2. The molecule has 0 saturated heterocycles. The van der Waals surface area contributed by atoms with Gasteiger partial charge in [-0.15, -0.1) is 0 Å². The largest absolute Gasteiger partial charge is 0.314 e. The van der Waals surface area contributed by atoms with E-state index >= 15 is 0 Å². The van der Waals surface area contributed by atoms with Crippen LogP contribution in [0.4, 0.5) is 4.39 Å². The van der Waals surface area contributed by atoms with Crippen LogP contribution in [0.5, 0.6) is 0 Å². The summed E-state index contributed by atoms with van der Waals surface area (Å²) in [7, 11) is 0. The fourth-order valence-corrected chi connectivity index (χ4v) is 3.13. The predicted molar refractivity (Wildman–Crippen MR) is 88.0 cm³/mol. The summed E-state index contributed by atoms with van der Waals surface area (Å²) >= 11 is 3.47. The van der Waals surface area contributed by atoms with Gasteiger partial charge in [0.15, 0.2) is 0 Å². The zero-order valence-electron chi connectivity index (χ0n) is 11.9. The molecule has 0 aromatic heterocycles. The second-order valence-corrected chi connectivity index (χ2v) is 6.66. The van der Waals surface area contributed by atoms with Gasteiger partial charge in [0, 0.05) is 10.5 Å². The lowest BCUT2D eigenvalue weighted by atomic mass is 9.76. The van der Waals surface area contributed by atoms with E-state index in [0.717, 1.165) is 17.4 Å². The molecule has 110 valence electrons. The molecule has 21 heavy (non-hydrogen) atoms. The highest BCUT2D eigenvalue weighted by Gasteiger charge is 2.29. The van der Waals surface area contributed by atoms with Gasteiger partial charge in [0.05, 0.1) is 0 Å². The van der Waals surface area contributed by atoms with Crippen LogP contribution in [0.25, 0.3) is 0 Å². The van der Waals surface area contributed by atoms with E-state index in [9.17, 15) is 4.39 Å². The fourth-order valence-electron chi connectivity index (χ4n) is 2.86. The smallest absolute Gasteiger partial charge is 0.123 e. The van der Waals surface area contributed by atoms with E-state index < -0.39 is 0 Å². The molecule has 1 aliphatic carbocycles. The van der Waals surface area contributed by atoms with Crippen molar-refractivity contribution in [1.29, 1.82) is 0 Å². The van der Waals surface area contributed by atoms with Crippen LogP contribution in [-0.2, 0) is 6.42 Å². The van der Waals surface area contributed by atoms with Gasteiger partial charge in [-0.05, 0) is 67.1 Å². The van der Waals surface area contributed by atoms with Crippen LogP contribution in [0.15, 0.2) is 53.0 Å². The third kappa shape index (κ3) is 3.92. The maximum atomic E-state index is 12.8. The zero-order valence-corrected chi connectivity index (χ0v) is 13.4. The summed E-state index contributed by atoms with van der Waals surface area (Å²) in [5, 5.41) is 3.59. The third-order valence-electron chi connectivity index (χ3n) is 4.24. The average molecular weight is 348 g/mol. The molecule has 2 aromatic carbocycles. The third-order valence-corrected chi connectivity index (χ3v) is 4.77. The van der Waals surface area contributed by atoms with Crippen LogP contribution in [0, 0.1) is 5.82 Å². The summed E-state index contributed by atoms with van der Waals surface area (Å²) in [6.07, 6.45) is 3.38. The van der Waals surface area contributed by atoms with E-state index in [1.54, 1.807) is 0 Å². The quantitative estimate of drug-likeness (QED) is 0.828. The Hall–Kier alpha value is -1.19. The Labute approximate surface area is 133 Å². The first-order valence-corrected chi connectivity index (χ1v) is 8.23. The molecule has 0 bridgehead atoms. The number of benzene rings is 2. The predicted octanol–water partition coefficient (Wildman–Crippen LogP) is 4.67. The SMILES string of the molecule is Fc1ccc(CCNC2CC(c3ccc(Br)cc3)C2)cc1. The van der Waals surface area contributed by atoms with Gasteiger partial charge < -0.3 is 5.32 Å². The Bertz CT molecular complexity index is 573. The minimum atomic E-state index is -0.164. The topological polar surface area (TPSA) is 12.0 Å². The number of rotatable bonds is 5. The second kappa shape index (κ2) is 6.71. The van der Waals surface area contributed by atoms with Gasteiger partial charge in [-0.1, -0.05) is 40.2 Å². The van der Waals surface area contributed by atoms with E-state index in [2.05, 4.69) is 45.5 Å². The van der Waals surface area contributed by atoms with E-state index in [1.165, 1.54) is 36.1 Å². The van der Waals surface area contributed by atoms with Crippen molar-refractivity contribution in [3.8, 4) is 0 Å². The lowest BCUT2D eigenvalue weighted by Crippen LogP contribution is -2.40. The van der Waals surface area contributed by atoms with Crippen LogP contribution >= 0.6 is 15.9 Å². The number of halogens is 2. The summed E-state index contributed by atoms with van der Waals surface area (Å²) < 4.78 is 13.9. The molecule has 0 amide bonds. The minimum absolute atomic E-state index is 0.164. The Morgan fingerprint density at radius 1 is 1.00 bits per heavy atom. The van der Waals surface area contributed by atoms with Crippen molar-refractivity contribution in [2.24, 2.45) is 0 Å². The van der Waals surface area contributed by atoms with Gasteiger partial charge in [-0.25, -0.2) is 4.39 Å². The first-order valence-electron chi connectivity index (χ1n) is 7.44. The maximum Gasteiger partial charge on any atom is 0.123 e. The highest BCUT2D eigenvalue weighted by molar-refractivity contribution is 9.10. The molecule has 0 aliphatic heterocycles. The van der Waals surface area contributed by atoms with Crippen LogP contribution < -0.4 is 5.32 Å². The minimum Gasteiger partial charge on any atom is -0.314 e. The Balaban J connectivity index is 1.39. The van der Waals surface area contributed by atoms with Crippen LogP contribution in [0.2, 0.25) is 0 Å². The summed E-state index contributed by atoms with van der Waals surface area (Å²) in [5.41, 5.74) is 2.63. The summed E-state index contributed by atoms with van der Waals surface area (Å²) in [4.78, 5) is 0. The van der Waals surface area contributed by atoms with E-state index in [0.29, 0.717) is 12.0 Å². The monoisotopic (exact) mass is 347 g/mol. The van der Waals surface area contributed by atoms with Gasteiger partial charge in [0.1, 0.15) is 5.82 Å². The molecule has 1 aliphatic rings. The first kappa shape index (κ1) is 14.7. The summed E-state index contributed by atoms with van der Waals surface area (Å²) in [6, 6.07) is 16.1. The van der Waals surface area contributed by atoms with Gasteiger partial charge in [0.25, 0.3) is 0 Å². The van der Waals surface area contributed by atoms with Crippen LogP contribution in [-0.4, -0.2) is 12.6 Å². The van der Waals surface area contributed by atoms with Crippen molar-refractivity contribution in [2.75, 3.05) is 6.54 Å². The van der Waals surface area contributed by atoms with E-state index in [4.69, 9.17) is 0 Å². The van der Waals surface area contributed by atoms with Gasteiger partial charge >= 0.3 is 0 Å². The highest BCUT2D eigenvalue weighted by Crippen LogP contribution is 2.37. The van der Waals surface area contributed by atoms with Crippen molar-refractivity contribution in [3.63, 3.8) is 0 Å². The number of hydrogen-bond donors (Lipinski definition) is 1. The summed E-state index contributed by atoms with van der Waals surface area (Å²) in [5.74, 6) is 0.532. The molecular formula is C18H19BrFN. The lowest BCUT2D eigenvalue weighted by Gasteiger charge is -2.36. The Kier molecular flexibility index (Phi) is 4.71. The molecule has 2 aromatic rings. The molecule has 1 nitrogen and oxygen atoms in total. The molecule has 3 heteroatoms. The lowest BCUT2D eigenvalue weighted by molar-refractivity contribution is 0.293. The summed E-state index contributed by atoms with van der Waals surface area (Å²) in [6.45, 7) is 0.962. The molecular weight excluding hydrogens is 329 g/mol. The van der Waals surface area contributed by atoms with Gasteiger partial charge in [-0.3, -0.25) is 0 Å². The van der Waals surface area contributed by atoms with Crippen molar-refractivity contribution in [3.05, 3.63) is 69.9 Å². The van der Waals surface area contributed by atoms with Gasteiger partial charge in [0.2, 0.25) is 0 Å². The van der Waals surface area contributed by atoms with Crippen molar-refractivity contribution < 1.29 is 4.39 Å². The highest BCUT2D eigenvalue weighted by atomic mass is 79.9. The van der Waals surface area contributed by atoms with Crippen molar-refractivity contribution in [2.45, 2.75) is 31.2 Å². The van der Waals surface area contributed by atoms with Crippen LogP contribution in [0.3, 0.4) is 0 Å². The van der Waals surface area contributed by atoms with Gasteiger partial charge in [-0.2, -0.15) is 0 Å².